The smallest absolute Gasteiger partial charge is 0.315 e. The van der Waals surface area contributed by atoms with Crippen molar-refractivity contribution in [1.82, 2.24) is 10.6 Å². The molecule has 0 aromatic rings. The third kappa shape index (κ3) is 4.46. The average Bonchev–Trinajstić information content (AvgIpc) is 2.26. The van der Waals surface area contributed by atoms with Crippen LogP contribution in [-0.2, 0) is 4.79 Å². The number of hydrogen-bond acceptors (Lipinski definition) is 2. The molecule has 1 fully saturated rings. The van der Waals surface area contributed by atoms with Crippen LogP contribution in [0.2, 0.25) is 0 Å². The van der Waals surface area contributed by atoms with Gasteiger partial charge in [0.05, 0.1) is 12.0 Å². The third-order valence-corrected chi connectivity index (χ3v) is 3.09. The predicted molar refractivity (Wildman–Crippen MR) is 64.8 cm³/mol. The summed E-state index contributed by atoms with van der Waals surface area (Å²) in [5, 5.41) is 14.4. The summed E-state index contributed by atoms with van der Waals surface area (Å²) in [4.78, 5) is 22.5. The van der Waals surface area contributed by atoms with Crippen molar-refractivity contribution in [3.63, 3.8) is 0 Å². The Morgan fingerprint density at radius 3 is 2.47 bits per heavy atom. The Hall–Kier alpha value is -1.52. The predicted octanol–water partition coefficient (Wildman–Crippen LogP) is 1.65. The third-order valence-electron chi connectivity index (χ3n) is 3.09. The zero-order valence-electron chi connectivity index (χ0n) is 10.00. The van der Waals surface area contributed by atoms with Crippen molar-refractivity contribution in [1.29, 1.82) is 0 Å². The van der Waals surface area contributed by atoms with E-state index in [9.17, 15) is 9.59 Å². The number of hydrogen-bond donors (Lipinski definition) is 3. The molecule has 0 aliphatic heterocycles. The number of amides is 2. The molecule has 0 aromatic heterocycles. The van der Waals surface area contributed by atoms with Crippen LogP contribution >= 0.6 is 0 Å². The largest absolute Gasteiger partial charge is 0.481 e. The highest BCUT2D eigenvalue weighted by atomic mass is 16.4. The lowest BCUT2D eigenvalue weighted by molar-refractivity contribution is -0.139. The van der Waals surface area contributed by atoms with E-state index in [1.807, 2.05) is 0 Å². The van der Waals surface area contributed by atoms with Gasteiger partial charge < -0.3 is 15.7 Å². The molecule has 5 heteroatoms. The summed E-state index contributed by atoms with van der Waals surface area (Å²) >= 11 is 0. The van der Waals surface area contributed by atoms with Gasteiger partial charge in [-0.15, -0.1) is 6.58 Å². The summed E-state index contributed by atoms with van der Waals surface area (Å²) in [6.07, 6.45) is 6.10. The van der Waals surface area contributed by atoms with Crippen molar-refractivity contribution >= 4 is 12.0 Å². The van der Waals surface area contributed by atoms with Crippen molar-refractivity contribution in [3.05, 3.63) is 12.7 Å². The molecule has 0 bridgehead atoms. The van der Waals surface area contributed by atoms with Crippen LogP contribution in [0.3, 0.4) is 0 Å². The van der Waals surface area contributed by atoms with Crippen LogP contribution in [0.1, 0.15) is 38.5 Å². The second-order valence-corrected chi connectivity index (χ2v) is 4.54. The molecule has 1 aliphatic rings. The van der Waals surface area contributed by atoms with Gasteiger partial charge in [-0.05, 0) is 12.8 Å². The molecule has 0 spiro atoms. The first-order valence-electron chi connectivity index (χ1n) is 5.97. The Morgan fingerprint density at radius 1 is 1.29 bits per heavy atom. The zero-order valence-corrected chi connectivity index (χ0v) is 10.00. The molecule has 0 radical (unpaired) electrons. The van der Waals surface area contributed by atoms with Crippen molar-refractivity contribution < 1.29 is 14.7 Å². The molecule has 0 heterocycles. The van der Waals surface area contributed by atoms with Crippen molar-refractivity contribution in [3.8, 4) is 0 Å². The molecule has 1 aliphatic carbocycles. The lowest BCUT2D eigenvalue weighted by Gasteiger charge is -2.36. The maximum absolute atomic E-state index is 11.6. The lowest BCUT2D eigenvalue weighted by atomic mass is 9.79. The van der Waals surface area contributed by atoms with E-state index in [0.29, 0.717) is 6.54 Å². The minimum atomic E-state index is -0.865. The van der Waals surface area contributed by atoms with E-state index in [4.69, 9.17) is 5.11 Å². The minimum absolute atomic E-state index is 0.00545. The fourth-order valence-electron chi connectivity index (χ4n) is 2.31. The summed E-state index contributed by atoms with van der Waals surface area (Å²) in [5.41, 5.74) is -0.574. The highest BCUT2D eigenvalue weighted by molar-refractivity contribution is 5.76. The summed E-state index contributed by atoms with van der Waals surface area (Å²) in [6.45, 7) is 3.89. The highest BCUT2D eigenvalue weighted by Gasteiger charge is 2.35. The van der Waals surface area contributed by atoms with E-state index >= 15 is 0 Å². The minimum Gasteiger partial charge on any atom is -0.481 e. The van der Waals surface area contributed by atoms with E-state index in [1.54, 1.807) is 6.08 Å². The van der Waals surface area contributed by atoms with Crippen LogP contribution in [0, 0.1) is 0 Å². The molecule has 0 saturated heterocycles. The summed E-state index contributed by atoms with van der Waals surface area (Å²) < 4.78 is 0. The van der Waals surface area contributed by atoms with E-state index < -0.39 is 11.5 Å². The van der Waals surface area contributed by atoms with Gasteiger partial charge >= 0.3 is 12.0 Å². The number of carbonyl (C=O) groups excluding carboxylic acids is 1. The number of aliphatic carboxylic acids is 1. The highest BCUT2D eigenvalue weighted by Crippen LogP contribution is 2.31. The molecule has 96 valence electrons. The van der Waals surface area contributed by atoms with E-state index in [2.05, 4.69) is 17.2 Å². The molecular weight excluding hydrogens is 220 g/mol. The van der Waals surface area contributed by atoms with Crippen LogP contribution in [0.5, 0.6) is 0 Å². The van der Waals surface area contributed by atoms with Gasteiger partial charge in [0.1, 0.15) is 0 Å². The van der Waals surface area contributed by atoms with Crippen molar-refractivity contribution in [2.45, 2.75) is 44.1 Å². The van der Waals surface area contributed by atoms with E-state index in [-0.39, 0.29) is 12.5 Å². The van der Waals surface area contributed by atoms with Crippen molar-refractivity contribution in [2.75, 3.05) is 6.54 Å². The standard InChI is InChI=1S/C12H20N2O3/c1-2-8-13-11(17)14-12(9-10(15)16)6-4-3-5-7-12/h2H,1,3-9H2,(H,15,16)(H2,13,14,17). The Balaban J connectivity index is 2.59. The Morgan fingerprint density at radius 2 is 1.94 bits per heavy atom. The van der Waals surface area contributed by atoms with Gasteiger partial charge in [-0.2, -0.15) is 0 Å². The topological polar surface area (TPSA) is 78.4 Å². The molecule has 1 saturated carbocycles. The van der Waals surface area contributed by atoms with E-state index in [0.717, 1.165) is 32.1 Å². The number of carboxylic acids is 1. The molecule has 17 heavy (non-hydrogen) atoms. The number of nitrogens with one attached hydrogen (secondary N) is 2. The fourth-order valence-corrected chi connectivity index (χ4v) is 2.31. The van der Waals surface area contributed by atoms with Crippen molar-refractivity contribution in [2.24, 2.45) is 0 Å². The summed E-state index contributed by atoms with van der Waals surface area (Å²) in [6, 6.07) is -0.312. The Bertz CT molecular complexity index is 296. The summed E-state index contributed by atoms with van der Waals surface area (Å²) in [5.74, 6) is -0.865. The first-order chi connectivity index (χ1) is 8.08. The molecule has 0 atom stereocenters. The first kappa shape index (κ1) is 13.5. The lowest BCUT2D eigenvalue weighted by Crippen LogP contribution is -2.54. The molecule has 3 N–H and O–H groups in total. The van der Waals surface area contributed by atoms with Crippen LogP contribution in [0.15, 0.2) is 12.7 Å². The normalized spacial score (nSPS) is 18.1. The molecular formula is C12H20N2O3. The van der Waals surface area contributed by atoms with Crippen LogP contribution in [0.25, 0.3) is 0 Å². The molecule has 0 aromatic carbocycles. The van der Waals surface area contributed by atoms with E-state index in [1.165, 1.54) is 0 Å². The monoisotopic (exact) mass is 240 g/mol. The number of carboxylic acid groups (broad SMARTS) is 1. The van der Waals surface area contributed by atoms with Gasteiger partial charge in [0.2, 0.25) is 0 Å². The quantitative estimate of drug-likeness (QED) is 0.639. The second-order valence-electron chi connectivity index (χ2n) is 4.54. The molecule has 1 rings (SSSR count). The van der Waals surface area contributed by atoms with Gasteiger partial charge in [0, 0.05) is 6.54 Å². The first-order valence-corrected chi connectivity index (χ1v) is 5.97. The van der Waals surface area contributed by atoms with Gasteiger partial charge in [-0.1, -0.05) is 25.3 Å². The Labute approximate surface area is 101 Å². The zero-order chi connectivity index (χ0) is 12.7. The van der Waals surface area contributed by atoms with Gasteiger partial charge in [0.15, 0.2) is 0 Å². The van der Waals surface area contributed by atoms with Gasteiger partial charge in [-0.25, -0.2) is 4.79 Å². The average molecular weight is 240 g/mol. The van der Waals surface area contributed by atoms with Gasteiger partial charge in [-0.3, -0.25) is 4.79 Å². The van der Waals surface area contributed by atoms with Crippen LogP contribution in [-0.4, -0.2) is 29.2 Å². The maximum Gasteiger partial charge on any atom is 0.315 e. The van der Waals surface area contributed by atoms with Gasteiger partial charge in [0.25, 0.3) is 0 Å². The van der Waals surface area contributed by atoms with Crippen LogP contribution in [0.4, 0.5) is 4.79 Å². The SMILES string of the molecule is C=CCNC(=O)NC1(CC(=O)O)CCCCC1. The number of carbonyl (C=O) groups is 2. The number of rotatable bonds is 5. The molecule has 5 nitrogen and oxygen atoms in total. The summed E-state index contributed by atoms with van der Waals surface area (Å²) in [7, 11) is 0. The maximum atomic E-state index is 11.6. The van der Waals surface area contributed by atoms with Crippen LogP contribution < -0.4 is 10.6 Å². The second kappa shape index (κ2) is 6.27. The fraction of sp³-hybridized carbons (Fsp3) is 0.667. The Kier molecular flexibility index (Phi) is 5.00. The molecule has 0 unspecified atom stereocenters. The molecule has 2 amide bonds. The number of urea groups is 1.